The molecule has 0 saturated carbocycles. The molecule has 0 N–H and O–H groups in total. The number of nitrogens with zero attached hydrogens (tertiary/aromatic N) is 2. The first-order chi connectivity index (χ1) is 9.84. The second kappa shape index (κ2) is 4.36. The number of para-hydroxylation sites is 2. The van der Waals surface area contributed by atoms with Crippen molar-refractivity contribution in [2.45, 2.75) is 0 Å². The second-order valence-corrected chi connectivity index (χ2v) is 5.12. The van der Waals surface area contributed by atoms with Crippen LogP contribution in [0.5, 0.6) is 0 Å². The minimum Gasteiger partial charge on any atom is -0.316 e. The number of hydrogen-bond acceptors (Lipinski definition) is 1. The molecule has 2 nitrogen and oxygen atoms in total. The highest BCUT2D eigenvalue weighted by atomic mass is 35.5. The molecule has 0 amide bonds. The molecule has 0 aliphatic rings. The van der Waals surface area contributed by atoms with Crippen molar-refractivity contribution in [3.05, 3.63) is 72.0 Å². The molecule has 0 radical (unpaired) electrons. The Labute approximate surface area is 121 Å². The van der Waals surface area contributed by atoms with Crippen molar-refractivity contribution in [1.82, 2.24) is 9.55 Å². The Hall–Kier alpha value is -2.32. The Morgan fingerprint density at radius 2 is 1.80 bits per heavy atom. The summed E-state index contributed by atoms with van der Waals surface area (Å²) >= 11 is 6.24. The van der Waals surface area contributed by atoms with E-state index in [1.165, 1.54) is 10.9 Å². The summed E-state index contributed by atoms with van der Waals surface area (Å²) in [7, 11) is 0. The van der Waals surface area contributed by atoms with Gasteiger partial charge in [-0.25, -0.2) is 0 Å². The van der Waals surface area contributed by atoms with Crippen LogP contribution in [0.25, 0.3) is 27.5 Å². The smallest absolute Gasteiger partial charge is 0.0909 e. The molecular formula is C17H11ClN2. The Bertz CT molecular complexity index is 924. The fourth-order valence-corrected chi connectivity index (χ4v) is 2.85. The van der Waals surface area contributed by atoms with E-state index in [1.54, 1.807) is 6.20 Å². The maximum absolute atomic E-state index is 6.24. The largest absolute Gasteiger partial charge is 0.316 e. The Morgan fingerprint density at radius 1 is 0.900 bits per heavy atom. The van der Waals surface area contributed by atoms with Gasteiger partial charge < -0.3 is 4.57 Å². The molecule has 96 valence electrons. The lowest BCUT2D eigenvalue weighted by Crippen LogP contribution is -1.94. The average Bonchev–Trinajstić information content (AvgIpc) is 2.91. The molecule has 0 bridgehead atoms. The molecule has 0 saturated heterocycles. The maximum atomic E-state index is 6.24. The highest BCUT2D eigenvalue weighted by Gasteiger charge is 2.08. The molecule has 0 fully saturated rings. The molecule has 0 spiro atoms. The number of halogens is 1. The van der Waals surface area contributed by atoms with E-state index in [9.17, 15) is 0 Å². The molecule has 0 aliphatic heterocycles. The quantitative estimate of drug-likeness (QED) is 0.487. The standard InChI is InChI=1S/C17H11ClN2/c18-14-6-3-5-13-16(8-10-19-17(13)14)20-11-9-12-4-1-2-7-15(12)20/h1-11H. The molecule has 0 unspecified atom stereocenters. The number of hydrogen-bond donors (Lipinski definition) is 0. The van der Waals surface area contributed by atoms with Crippen molar-refractivity contribution in [1.29, 1.82) is 0 Å². The lowest BCUT2D eigenvalue weighted by molar-refractivity contribution is 1.13. The van der Waals surface area contributed by atoms with E-state index < -0.39 is 0 Å². The van der Waals surface area contributed by atoms with E-state index in [-0.39, 0.29) is 0 Å². The number of rotatable bonds is 1. The van der Waals surface area contributed by atoms with Gasteiger partial charge in [0.15, 0.2) is 0 Å². The van der Waals surface area contributed by atoms with E-state index in [1.807, 2.05) is 24.3 Å². The van der Waals surface area contributed by atoms with Gasteiger partial charge in [-0.15, -0.1) is 0 Å². The zero-order valence-electron chi connectivity index (χ0n) is 10.6. The van der Waals surface area contributed by atoms with Crippen LogP contribution in [0.2, 0.25) is 5.02 Å². The summed E-state index contributed by atoms with van der Waals surface area (Å²) < 4.78 is 2.18. The summed E-state index contributed by atoms with van der Waals surface area (Å²) in [6.45, 7) is 0. The third-order valence-electron chi connectivity index (χ3n) is 3.56. The molecule has 4 rings (SSSR count). The van der Waals surface area contributed by atoms with Gasteiger partial charge in [-0.3, -0.25) is 4.98 Å². The van der Waals surface area contributed by atoms with Crippen LogP contribution in [0.1, 0.15) is 0 Å². The number of aromatic nitrogens is 2. The SMILES string of the molecule is Clc1cccc2c(-n3ccc4ccccc43)ccnc12. The molecule has 2 aromatic heterocycles. The summed E-state index contributed by atoms with van der Waals surface area (Å²) in [5.74, 6) is 0. The van der Waals surface area contributed by atoms with Crippen LogP contribution in [0, 0.1) is 0 Å². The third-order valence-corrected chi connectivity index (χ3v) is 3.86. The first-order valence-electron chi connectivity index (χ1n) is 6.44. The third kappa shape index (κ3) is 1.62. The lowest BCUT2D eigenvalue weighted by atomic mass is 10.2. The van der Waals surface area contributed by atoms with Crippen LogP contribution >= 0.6 is 11.6 Å². The minimum atomic E-state index is 0.681. The molecule has 20 heavy (non-hydrogen) atoms. The molecular weight excluding hydrogens is 268 g/mol. The Balaban J connectivity index is 2.10. The summed E-state index contributed by atoms with van der Waals surface area (Å²) in [4.78, 5) is 4.39. The van der Waals surface area contributed by atoms with Crippen molar-refractivity contribution in [3.8, 4) is 5.69 Å². The average molecular weight is 279 g/mol. The highest BCUT2D eigenvalue weighted by molar-refractivity contribution is 6.35. The van der Waals surface area contributed by atoms with Gasteiger partial charge in [0.2, 0.25) is 0 Å². The van der Waals surface area contributed by atoms with Crippen LogP contribution < -0.4 is 0 Å². The van der Waals surface area contributed by atoms with Gasteiger partial charge in [0.05, 0.1) is 21.7 Å². The van der Waals surface area contributed by atoms with E-state index in [0.717, 1.165) is 16.6 Å². The van der Waals surface area contributed by atoms with Gasteiger partial charge in [-0.2, -0.15) is 0 Å². The van der Waals surface area contributed by atoms with Gasteiger partial charge in [0.25, 0.3) is 0 Å². The van der Waals surface area contributed by atoms with Crippen LogP contribution in [0.3, 0.4) is 0 Å². The number of fused-ring (bicyclic) bond motifs is 2. The van der Waals surface area contributed by atoms with Gasteiger partial charge in [0, 0.05) is 17.8 Å². The number of pyridine rings is 1. The van der Waals surface area contributed by atoms with E-state index in [2.05, 4.69) is 46.1 Å². The van der Waals surface area contributed by atoms with Crippen molar-refractivity contribution in [2.24, 2.45) is 0 Å². The van der Waals surface area contributed by atoms with Gasteiger partial charge in [-0.1, -0.05) is 41.9 Å². The fourth-order valence-electron chi connectivity index (χ4n) is 2.63. The fraction of sp³-hybridized carbons (Fsp3) is 0. The zero-order valence-corrected chi connectivity index (χ0v) is 11.4. The summed E-state index contributed by atoms with van der Waals surface area (Å²) in [6.07, 6.45) is 3.89. The van der Waals surface area contributed by atoms with Gasteiger partial charge in [-0.05, 0) is 29.7 Å². The zero-order chi connectivity index (χ0) is 13.5. The summed E-state index contributed by atoms with van der Waals surface area (Å²) in [5.41, 5.74) is 3.11. The van der Waals surface area contributed by atoms with Crippen molar-refractivity contribution < 1.29 is 0 Å². The summed E-state index contributed by atoms with van der Waals surface area (Å²) in [6, 6.07) is 18.4. The molecule has 2 aromatic carbocycles. The van der Waals surface area contributed by atoms with E-state index >= 15 is 0 Å². The van der Waals surface area contributed by atoms with Gasteiger partial charge in [0.1, 0.15) is 0 Å². The number of benzene rings is 2. The monoisotopic (exact) mass is 278 g/mol. The van der Waals surface area contributed by atoms with Crippen LogP contribution in [-0.4, -0.2) is 9.55 Å². The predicted octanol–water partition coefficient (Wildman–Crippen LogP) is 4.83. The maximum Gasteiger partial charge on any atom is 0.0909 e. The van der Waals surface area contributed by atoms with Crippen molar-refractivity contribution in [2.75, 3.05) is 0 Å². The molecule has 0 atom stereocenters. The normalized spacial score (nSPS) is 11.2. The molecule has 4 aromatic rings. The topological polar surface area (TPSA) is 17.8 Å². The van der Waals surface area contributed by atoms with Crippen molar-refractivity contribution in [3.63, 3.8) is 0 Å². The van der Waals surface area contributed by atoms with E-state index in [4.69, 9.17) is 11.6 Å². The Kier molecular flexibility index (Phi) is 2.51. The lowest BCUT2D eigenvalue weighted by Gasteiger charge is -2.09. The first-order valence-corrected chi connectivity index (χ1v) is 6.82. The van der Waals surface area contributed by atoms with Gasteiger partial charge >= 0.3 is 0 Å². The first kappa shape index (κ1) is 11.5. The second-order valence-electron chi connectivity index (χ2n) is 4.71. The molecule has 0 aliphatic carbocycles. The van der Waals surface area contributed by atoms with Crippen molar-refractivity contribution >= 4 is 33.4 Å². The summed E-state index contributed by atoms with van der Waals surface area (Å²) in [5, 5.41) is 2.96. The van der Waals surface area contributed by atoms with Crippen LogP contribution in [0.4, 0.5) is 0 Å². The minimum absolute atomic E-state index is 0.681. The van der Waals surface area contributed by atoms with Crippen LogP contribution in [0.15, 0.2) is 67.0 Å². The highest BCUT2D eigenvalue weighted by Crippen LogP contribution is 2.28. The van der Waals surface area contributed by atoms with Crippen LogP contribution in [-0.2, 0) is 0 Å². The van der Waals surface area contributed by atoms with E-state index in [0.29, 0.717) is 5.02 Å². The molecule has 2 heterocycles. The molecule has 3 heteroatoms. The Morgan fingerprint density at radius 3 is 2.75 bits per heavy atom. The predicted molar refractivity (Wildman–Crippen MR) is 83.6 cm³/mol.